The Labute approximate surface area is 112 Å². The van der Waals surface area contributed by atoms with Crippen molar-refractivity contribution in [1.82, 2.24) is 9.97 Å². The summed E-state index contributed by atoms with van der Waals surface area (Å²) in [7, 11) is 0. The van der Waals surface area contributed by atoms with Crippen LogP contribution in [-0.4, -0.2) is 41.1 Å². The summed E-state index contributed by atoms with van der Waals surface area (Å²) in [6.45, 7) is 0.769. The minimum Gasteiger partial charge on any atom is -0.374 e. The summed E-state index contributed by atoms with van der Waals surface area (Å²) in [4.78, 5) is 17.9. The molecule has 0 spiro atoms. The molecule has 0 aliphatic rings. The van der Waals surface area contributed by atoms with Crippen LogP contribution < -0.4 is 16.6 Å². The van der Waals surface area contributed by atoms with Gasteiger partial charge in [-0.05, 0) is 6.92 Å². The highest BCUT2D eigenvalue weighted by atomic mass is 19.3. The Balaban J connectivity index is 2.72. The Morgan fingerprint density at radius 3 is 2.75 bits per heavy atom. The minimum absolute atomic E-state index is 0.00380. The molecule has 112 valence electrons. The van der Waals surface area contributed by atoms with Gasteiger partial charge < -0.3 is 10.1 Å². The SMILES string of the molecule is Cc1nc(NN)nc(NCCOCC(F)F)c1[N+](=O)[O-]. The Morgan fingerprint density at radius 1 is 1.50 bits per heavy atom. The molecule has 1 aromatic heterocycles. The van der Waals surface area contributed by atoms with Gasteiger partial charge in [-0.2, -0.15) is 4.98 Å². The number of aryl methyl sites for hydroxylation is 1. The van der Waals surface area contributed by atoms with Gasteiger partial charge in [-0.25, -0.2) is 19.6 Å². The van der Waals surface area contributed by atoms with E-state index in [4.69, 9.17) is 5.84 Å². The maximum Gasteiger partial charge on any atom is 0.332 e. The fourth-order valence-corrected chi connectivity index (χ4v) is 1.39. The monoisotopic (exact) mass is 292 g/mol. The van der Waals surface area contributed by atoms with Gasteiger partial charge in [-0.15, -0.1) is 0 Å². The van der Waals surface area contributed by atoms with Crippen molar-refractivity contribution in [3.8, 4) is 0 Å². The van der Waals surface area contributed by atoms with Crippen molar-refractivity contribution in [2.45, 2.75) is 13.3 Å². The van der Waals surface area contributed by atoms with E-state index in [1.807, 2.05) is 0 Å². The fraction of sp³-hybridized carbons (Fsp3) is 0.556. The Morgan fingerprint density at radius 2 is 2.20 bits per heavy atom. The smallest absolute Gasteiger partial charge is 0.332 e. The molecule has 1 heterocycles. The molecule has 1 aromatic rings. The molecule has 0 saturated carbocycles. The highest BCUT2D eigenvalue weighted by molar-refractivity contribution is 5.60. The summed E-state index contributed by atoms with van der Waals surface area (Å²) in [6, 6.07) is 0. The highest BCUT2D eigenvalue weighted by Gasteiger charge is 2.21. The molecule has 0 atom stereocenters. The number of anilines is 2. The van der Waals surface area contributed by atoms with Crippen molar-refractivity contribution in [2.24, 2.45) is 5.84 Å². The number of nitro groups is 1. The summed E-state index contributed by atoms with van der Waals surface area (Å²) in [5.41, 5.74) is 1.99. The van der Waals surface area contributed by atoms with Crippen LogP contribution in [0.25, 0.3) is 0 Å². The predicted molar refractivity (Wildman–Crippen MR) is 66.5 cm³/mol. The second-order valence-corrected chi connectivity index (χ2v) is 3.62. The van der Waals surface area contributed by atoms with Gasteiger partial charge in [0.2, 0.25) is 11.8 Å². The van der Waals surface area contributed by atoms with Gasteiger partial charge in [0.15, 0.2) is 0 Å². The number of hydrazine groups is 1. The number of nitrogens with one attached hydrogen (secondary N) is 2. The summed E-state index contributed by atoms with van der Waals surface area (Å²) in [5.74, 6) is 5.09. The Hall–Kier alpha value is -2.14. The summed E-state index contributed by atoms with van der Waals surface area (Å²) >= 11 is 0. The van der Waals surface area contributed by atoms with Gasteiger partial charge in [-0.1, -0.05) is 0 Å². The molecule has 0 radical (unpaired) electrons. The van der Waals surface area contributed by atoms with E-state index in [1.165, 1.54) is 6.92 Å². The van der Waals surface area contributed by atoms with E-state index in [-0.39, 0.29) is 36.3 Å². The quantitative estimate of drug-likeness (QED) is 0.276. The molecule has 0 saturated heterocycles. The summed E-state index contributed by atoms with van der Waals surface area (Å²) < 4.78 is 28.3. The second-order valence-electron chi connectivity index (χ2n) is 3.62. The molecule has 4 N–H and O–H groups in total. The molecule has 0 amide bonds. The number of halogens is 2. The van der Waals surface area contributed by atoms with Crippen molar-refractivity contribution in [3.05, 3.63) is 15.8 Å². The first-order valence-electron chi connectivity index (χ1n) is 5.55. The molecule has 0 bridgehead atoms. The number of hydrogen-bond donors (Lipinski definition) is 3. The van der Waals surface area contributed by atoms with E-state index < -0.39 is 18.0 Å². The van der Waals surface area contributed by atoms with E-state index in [0.29, 0.717) is 0 Å². The number of rotatable bonds is 8. The average Bonchev–Trinajstić information content (AvgIpc) is 2.36. The Bertz CT molecular complexity index is 473. The van der Waals surface area contributed by atoms with Crippen molar-refractivity contribution < 1.29 is 18.4 Å². The zero-order valence-corrected chi connectivity index (χ0v) is 10.6. The van der Waals surface area contributed by atoms with Crippen LogP contribution in [0.4, 0.5) is 26.2 Å². The van der Waals surface area contributed by atoms with E-state index >= 15 is 0 Å². The van der Waals surface area contributed by atoms with E-state index in [2.05, 4.69) is 25.4 Å². The Kier molecular flexibility index (Phi) is 5.93. The van der Waals surface area contributed by atoms with Crippen LogP contribution in [0.1, 0.15) is 5.69 Å². The maximum absolute atomic E-state index is 11.8. The number of ether oxygens (including phenoxy) is 1. The summed E-state index contributed by atoms with van der Waals surface area (Å²) in [5, 5.41) is 13.5. The molecule has 9 nitrogen and oxygen atoms in total. The van der Waals surface area contributed by atoms with Crippen LogP contribution in [0, 0.1) is 17.0 Å². The number of nitrogens with two attached hydrogens (primary N) is 1. The molecule has 11 heteroatoms. The molecular weight excluding hydrogens is 278 g/mol. The first-order valence-corrected chi connectivity index (χ1v) is 5.55. The second kappa shape index (κ2) is 7.45. The zero-order chi connectivity index (χ0) is 15.1. The van der Waals surface area contributed by atoms with Crippen LogP contribution >= 0.6 is 0 Å². The third kappa shape index (κ3) is 4.51. The van der Waals surface area contributed by atoms with Gasteiger partial charge >= 0.3 is 5.69 Å². The molecule has 0 aliphatic carbocycles. The van der Waals surface area contributed by atoms with Gasteiger partial charge in [-0.3, -0.25) is 15.5 Å². The van der Waals surface area contributed by atoms with Crippen molar-refractivity contribution in [1.29, 1.82) is 0 Å². The van der Waals surface area contributed by atoms with E-state index in [9.17, 15) is 18.9 Å². The lowest BCUT2D eigenvalue weighted by molar-refractivity contribution is -0.385. The van der Waals surface area contributed by atoms with Crippen LogP contribution in [0.2, 0.25) is 0 Å². The van der Waals surface area contributed by atoms with Crippen molar-refractivity contribution >= 4 is 17.5 Å². The lowest BCUT2D eigenvalue weighted by Crippen LogP contribution is -2.17. The third-order valence-electron chi connectivity index (χ3n) is 2.15. The number of nitrogen functional groups attached to an aromatic ring is 1. The normalized spacial score (nSPS) is 10.7. The van der Waals surface area contributed by atoms with E-state index in [0.717, 1.165) is 0 Å². The van der Waals surface area contributed by atoms with Gasteiger partial charge in [0, 0.05) is 6.54 Å². The first-order chi connectivity index (χ1) is 9.45. The van der Waals surface area contributed by atoms with Gasteiger partial charge in [0.1, 0.15) is 12.3 Å². The maximum atomic E-state index is 11.8. The van der Waals surface area contributed by atoms with Crippen LogP contribution in [-0.2, 0) is 4.74 Å². The highest BCUT2D eigenvalue weighted by Crippen LogP contribution is 2.25. The third-order valence-corrected chi connectivity index (χ3v) is 2.15. The lowest BCUT2D eigenvalue weighted by Gasteiger charge is -2.09. The molecule has 0 aliphatic heterocycles. The molecule has 0 unspecified atom stereocenters. The summed E-state index contributed by atoms with van der Waals surface area (Å²) in [6.07, 6.45) is -2.56. The average molecular weight is 292 g/mol. The number of hydrogen-bond acceptors (Lipinski definition) is 8. The number of nitrogens with zero attached hydrogens (tertiary/aromatic N) is 3. The standard InChI is InChI=1S/C9H14F2N6O3/c1-5-7(17(18)19)8(15-9(14-5)16-12)13-2-3-20-4-6(10)11/h6H,2-4,12H2,1H3,(H2,13,14,15,16). The molecular formula is C9H14F2N6O3. The number of alkyl halides is 2. The fourth-order valence-electron chi connectivity index (χ4n) is 1.39. The lowest BCUT2D eigenvalue weighted by atomic mass is 10.3. The molecule has 0 aromatic carbocycles. The van der Waals surface area contributed by atoms with E-state index in [1.54, 1.807) is 0 Å². The zero-order valence-electron chi connectivity index (χ0n) is 10.6. The predicted octanol–water partition coefficient (Wildman–Crippen LogP) is 0.672. The topological polar surface area (TPSA) is 128 Å². The van der Waals surface area contributed by atoms with Crippen molar-refractivity contribution in [3.63, 3.8) is 0 Å². The first kappa shape index (κ1) is 15.9. The number of aromatic nitrogens is 2. The van der Waals surface area contributed by atoms with Crippen LogP contribution in [0.5, 0.6) is 0 Å². The minimum atomic E-state index is -2.56. The van der Waals surface area contributed by atoms with Crippen LogP contribution in [0.3, 0.4) is 0 Å². The van der Waals surface area contributed by atoms with Crippen molar-refractivity contribution in [2.75, 3.05) is 30.5 Å². The molecule has 20 heavy (non-hydrogen) atoms. The molecule has 0 fully saturated rings. The van der Waals surface area contributed by atoms with Crippen LogP contribution in [0.15, 0.2) is 0 Å². The largest absolute Gasteiger partial charge is 0.374 e. The van der Waals surface area contributed by atoms with Gasteiger partial charge in [0.05, 0.1) is 11.5 Å². The molecule has 1 rings (SSSR count). The van der Waals surface area contributed by atoms with Gasteiger partial charge in [0.25, 0.3) is 6.43 Å².